The van der Waals surface area contributed by atoms with Crippen molar-refractivity contribution in [1.82, 2.24) is 10.6 Å². The molecule has 0 saturated carbocycles. The third-order valence-electron chi connectivity index (χ3n) is 5.27. The fourth-order valence-corrected chi connectivity index (χ4v) is 4.11. The molecule has 4 rings (SSSR count). The Morgan fingerprint density at radius 2 is 1.90 bits per heavy atom. The van der Waals surface area contributed by atoms with Crippen molar-refractivity contribution in [3.05, 3.63) is 64.7 Å². The van der Waals surface area contributed by atoms with Crippen LogP contribution in [0, 0.1) is 0 Å². The molecule has 2 N–H and O–H groups in total. The molecule has 1 saturated heterocycles. The van der Waals surface area contributed by atoms with E-state index in [0.29, 0.717) is 29.1 Å². The zero-order valence-electron chi connectivity index (χ0n) is 16.6. The highest BCUT2D eigenvalue weighted by Gasteiger charge is 2.31. The predicted molar refractivity (Wildman–Crippen MR) is 123 cm³/mol. The molecule has 6 nitrogen and oxygen atoms in total. The van der Waals surface area contributed by atoms with Gasteiger partial charge in [-0.3, -0.25) is 4.79 Å². The number of halogens is 1. The van der Waals surface area contributed by atoms with Crippen LogP contribution < -0.4 is 15.5 Å². The molecule has 2 aromatic rings. The number of hydrogen-bond donors (Lipinski definition) is 2. The van der Waals surface area contributed by atoms with Gasteiger partial charge in [-0.1, -0.05) is 41.9 Å². The van der Waals surface area contributed by atoms with E-state index in [1.54, 1.807) is 18.0 Å². The molecule has 30 heavy (non-hydrogen) atoms. The van der Waals surface area contributed by atoms with Gasteiger partial charge >= 0.3 is 0 Å². The summed E-state index contributed by atoms with van der Waals surface area (Å²) in [4.78, 5) is 19.6. The van der Waals surface area contributed by atoms with Gasteiger partial charge in [-0.05, 0) is 43.3 Å². The molecule has 2 aromatic carbocycles. The Balaban J connectivity index is 1.67. The molecule has 1 atom stereocenters. The summed E-state index contributed by atoms with van der Waals surface area (Å²) in [5.74, 6) is -0.194. The maximum Gasteiger partial charge on any atom is 0.272 e. The van der Waals surface area contributed by atoms with E-state index in [1.807, 2.05) is 42.5 Å². The van der Waals surface area contributed by atoms with Crippen LogP contribution >= 0.6 is 23.8 Å². The lowest BCUT2D eigenvalue weighted by atomic mass is 10.0. The Bertz CT molecular complexity index is 976. The number of benzene rings is 2. The standard InChI is InChI=1S/C22H23ClN4O2S/c1-27-18-8-7-15(23)13-17(18)19(14-5-3-2-4-6-14)25-20(21(27)28)26-22(30)24-16-9-11-29-12-10-16/h2-8,13,16,20H,9-12H2,1H3,(H2,24,26,30). The van der Waals surface area contributed by atoms with Crippen LogP contribution in [-0.4, -0.2) is 49.2 Å². The zero-order chi connectivity index (χ0) is 21.1. The van der Waals surface area contributed by atoms with E-state index in [-0.39, 0.29) is 11.9 Å². The van der Waals surface area contributed by atoms with Crippen molar-refractivity contribution >= 4 is 46.2 Å². The quantitative estimate of drug-likeness (QED) is 0.715. The van der Waals surface area contributed by atoms with Gasteiger partial charge in [0.1, 0.15) is 0 Å². The SMILES string of the molecule is CN1C(=O)C(NC(=S)NC2CCOCC2)N=C(c2ccccc2)c2cc(Cl)ccc21. The van der Waals surface area contributed by atoms with Crippen LogP contribution in [0.4, 0.5) is 5.69 Å². The van der Waals surface area contributed by atoms with Gasteiger partial charge in [0, 0.05) is 42.5 Å². The molecule has 1 unspecified atom stereocenters. The van der Waals surface area contributed by atoms with Crippen molar-refractivity contribution in [1.29, 1.82) is 0 Å². The van der Waals surface area contributed by atoms with Gasteiger partial charge in [0.05, 0.1) is 11.4 Å². The van der Waals surface area contributed by atoms with Crippen molar-refractivity contribution in [2.24, 2.45) is 4.99 Å². The first-order chi connectivity index (χ1) is 14.5. The number of carbonyl (C=O) groups is 1. The maximum atomic E-state index is 13.2. The van der Waals surface area contributed by atoms with E-state index in [4.69, 9.17) is 33.5 Å². The molecule has 2 aliphatic rings. The molecular weight excluding hydrogens is 420 g/mol. The highest BCUT2D eigenvalue weighted by molar-refractivity contribution is 7.80. The Kier molecular flexibility index (Phi) is 6.32. The monoisotopic (exact) mass is 442 g/mol. The van der Waals surface area contributed by atoms with Gasteiger partial charge in [0.25, 0.3) is 5.91 Å². The van der Waals surface area contributed by atoms with Crippen molar-refractivity contribution in [3.63, 3.8) is 0 Å². The lowest BCUT2D eigenvalue weighted by Crippen LogP contribution is -2.52. The summed E-state index contributed by atoms with van der Waals surface area (Å²) in [7, 11) is 1.74. The lowest BCUT2D eigenvalue weighted by Gasteiger charge is -2.26. The Morgan fingerprint density at radius 3 is 2.63 bits per heavy atom. The summed E-state index contributed by atoms with van der Waals surface area (Å²) in [6.45, 7) is 1.41. The number of benzodiazepines with no additional fused rings is 1. The van der Waals surface area contributed by atoms with Crippen LogP contribution in [-0.2, 0) is 9.53 Å². The number of aliphatic imine (C=N–C) groups is 1. The molecule has 0 radical (unpaired) electrons. The van der Waals surface area contributed by atoms with Crippen LogP contribution in [0.1, 0.15) is 24.0 Å². The number of thiocarbonyl (C=S) groups is 1. The van der Waals surface area contributed by atoms with Gasteiger partial charge < -0.3 is 20.3 Å². The number of amides is 1. The fraction of sp³-hybridized carbons (Fsp3) is 0.318. The van der Waals surface area contributed by atoms with E-state index >= 15 is 0 Å². The summed E-state index contributed by atoms with van der Waals surface area (Å²) in [6, 6.07) is 15.5. The van der Waals surface area contributed by atoms with Crippen LogP contribution in [0.25, 0.3) is 0 Å². The minimum Gasteiger partial charge on any atom is -0.381 e. The highest BCUT2D eigenvalue weighted by atomic mass is 35.5. The normalized spacial score (nSPS) is 19.5. The highest BCUT2D eigenvalue weighted by Crippen LogP contribution is 2.29. The smallest absolute Gasteiger partial charge is 0.272 e. The van der Waals surface area contributed by atoms with Crippen molar-refractivity contribution in [2.75, 3.05) is 25.2 Å². The molecular formula is C22H23ClN4O2S. The summed E-state index contributed by atoms with van der Waals surface area (Å²) >= 11 is 11.8. The summed E-state index contributed by atoms with van der Waals surface area (Å²) in [6.07, 6.45) is 0.905. The first kappa shape index (κ1) is 20.8. The Labute approximate surface area is 186 Å². The molecule has 2 aliphatic heterocycles. The minimum absolute atomic E-state index is 0.194. The van der Waals surface area contributed by atoms with Crippen molar-refractivity contribution < 1.29 is 9.53 Å². The second kappa shape index (κ2) is 9.12. The van der Waals surface area contributed by atoms with E-state index in [2.05, 4.69) is 10.6 Å². The molecule has 0 bridgehead atoms. The number of anilines is 1. The van der Waals surface area contributed by atoms with E-state index in [9.17, 15) is 4.79 Å². The predicted octanol–water partition coefficient (Wildman–Crippen LogP) is 3.12. The molecule has 2 heterocycles. The molecule has 0 aromatic heterocycles. The van der Waals surface area contributed by atoms with Gasteiger partial charge in [0.2, 0.25) is 6.17 Å². The second-order valence-corrected chi connectivity index (χ2v) is 8.15. The first-order valence-electron chi connectivity index (χ1n) is 9.88. The topological polar surface area (TPSA) is 66.0 Å². The fourth-order valence-electron chi connectivity index (χ4n) is 3.66. The summed E-state index contributed by atoms with van der Waals surface area (Å²) in [5.41, 5.74) is 3.15. The molecule has 1 fully saturated rings. The van der Waals surface area contributed by atoms with Gasteiger partial charge in [-0.2, -0.15) is 0 Å². The van der Waals surface area contributed by atoms with E-state index in [1.165, 1.54) is 0 Å². The van der Waals surface area contributed by atoms with E-state index < -0.39 is 6.17 Å². The number of carbonyl (C=O) groups excluding carboxylic acids is 1. The Morgan fingerprint density at radius 1 is 1.17 bits per heavy atom. The summed E-state index contributed by atoms with van der Waals surface area (Å²) < 4.78 is 5.39. The molecule has 1 amide bonds. The third-order valence-corrected chi connectivity index (χ3v) is 5.74. The van der Waals surface area contributed by atoms with Crippen LogP contribution in [0.3, 0.4) is 0 Å². The first-order valence-corrected chi connectivity index (χ1v) is 10.7. The average Bonchev–Trinajstić information content (AvgIpc) is 2.85. The van der Waals surface area contributed by atoms with Gasteiger partial charge in [0.15, 0.2) is 5.11 Å². The van der Waals surface area contributed by atoms with Gasteiger partial charge in [-0.25, -0.2) is 4.99 Å². The number of rotatable bonds is 3. The van der Waals surface area contributed by atoms with E-state index in [0.717, 1.165) is 29.7 Å². The Hall–Kier alpha value is -2.48. The van der Waals surface area contributed by atoms with Crippen LogP contribution in [0.5, 0.6) is 0 Å². The van der Waals surface area contributed by atoms with Crippen LogP contribution in [0.2, 0.25) is 5.02 Å². The number of fused-ring (bicyclic) bond motifs is 1. The lowest BCUT2D eigenvalue weighted by molar-refractivity contribution is -0.119. The molecule has 8 heteroatoms. The number of likely N-dealkylation sites (N-methyl/N-ethyl adjacent to an activating group) is 1. The molecule has 0 aliphatic carbocycles. The maximum absolute atomic E-state index is 13.2. The number of ether oxygens (including phenoxy) is 1. The average molecular weight is 443 g/mol. The molecule has 156 valence electrons. The summed E-state index contributed by atoms with van der Waals surface area (Å²) in [5, 5.41) is 7.38. The molecule has 0 spiro atoms. The van der Waals surface area contributed by atoms with Crippen LogP contribution in [0.15, 0.2) is 53.5 Å². The zero-order valence-corrected chi connectivity index (χ0v) is 18.2. The largest absolute Gasteiger partial charge is 0.381 e. The minimum atomic E-state index is -0.851. The second-order valence-electron chi connectivity index (χ2n) is 7.31. The van der Waals surface area contributed by atoms with Crippen molar-refractivity contribution in [2.45, 2.75) is 25.0 Å². The number of nitrogens with one attached hydrogen (secondary N) is 2. The van der Waals surface area contributed by atoms with Gasteiger partial charge in [-0.15, -0.1) is 0 Å². The number of nitrogens with zero attached hydrogens (tertiary/aromatic N) is 2. The third kappa shape index (κ3) is 4.48. The van der Waals surface area contributed by atoms with Crippen molar-refractivity contribution in [3.8, 4) is 0 Å². The number of hydrogen-bond acceptors (Lipinski definition) is 4.